The van der Waals surface area contributed by atoms with E-state index in [0.29, 0.717) is 27.2 Å². The first-order chi connectivity index (χ1) is 10.4. The molecule has 0 radical (unpaired) electrons. The van der Waals surface area contributed by atoms with Crippen LogP contribution in [0.2, 0.25) is 10.0 Å². The SMILES string of the molecule is COc1cc(Cl)c(C)cc1NC(=O)Nc1cc(Cl)ccc1C. The molecule has 2 N–H and O–H groups in total. The molecule has 0 saturated heterocycles. The number of hydrogen-bond donors (Lipinski definition) is 2. The largest absolute Gasteiger partial charge is 0.495 e. The first kappa shape index (κ1) is 16.5. The summed E-state index contributed by atoms with van der Waals surface area (Å²) in [6, 6.07) is 8.34. The second kappa shape index (κ2) is 6.90. The summed E-state index contributed by atoms with van der Waals surface area (Å²) in [5.74, 6) is 0.494. The molecule has 0 heterocycles. The number of aryl methyl sites for hydroxylation is 2. The van der Waals surface area contributed by atoms with Crippen LogP contribution in [-0.2, 0) is 0 Å². The molecule has 6 heteroatoms. The van der Waals surface area contributed by atoms with Crippen molar-refractivity contribution in [2.75, 3.05) is 17.7 Å². The minimum absolute atomic E-state index is 0.384. The van der Waals surface area contributed by atoms with Crippen LogP contribution in [0, 0.1) is 13.8 Å². The summed E-state index contributed by atoms with van der Waals surface area (Å²) in [7, 11) is 1.52. The van der Waals surface area contributed by atoms with Crippen LogP contribution in [0.3, 0.4) is 0 Å². The fourth-order valence-electron chi connectivity index (χ4n) is 1.93. The van der Waals surface area contributed by atoms with Gasteiger partial charge in [0, 0.05) is 21.8 Å². The normalized spacial score (nSPS) is 10.2. The highest BCUT2D eigenvalue weighted by Crippen LogP contribution is 2.31. The van der Waals surface area contributed by atoms with Gasteiger partial charge in [0.25, 0.3) is 0 Å². The lowest BCUT2D eigenvalue weighted by atomic mass is 10.2. The predicted molar refractivity (Wildman–Crippen MR) is 91.6 cm³/mol. The minimum atomic E-state index is -0.384. The standard InChI is InChI=1S/C16H16Cl2N2O2/c1-9-4-5-11(17)7-13(9)19-16(21)20-14-6-10(2)12(18)8-15(14)22-3/h4-8H,1-3H3,(H2,19,20,21). The summed E-state index contributed by atoms with van der Waals surface area (Å²) < 4.78 is 5.23. The molecule has 0 aliphatic heterocycles. The van der Waals surface area contributed by atoms with Gasteiger partial charge in [0.2, 0.25) is 0 Å². The van der Waals surface area contributed by atoms with Crippen molar-refractivity contribution in [3.63, 3.8) is 0 Å². The number of nitrogens with one attached hydrogen (secondary N) is 2. The van der Waals surface area contributed by atoms with E-state index < -0.39 is 0 Å². The lowest BCUT2D eigenvalue weighted by Crippen LogP contribution is -2.20. The predicted octanol–water partition coefficient (Wildman–Crippen LogP) is 5.26. The molecular weight excluding hydrogens is 323 g/mol. The Kier molecular flexibility index (Phi) is 5.16. The minimum Gasteiger partial charge on any atom is -0.495 e. The smallest absolute Gasteiger partial charge is 0.323 e. The van der Waals surface area contributed by atoms with Crippen LogP contribution in [0.25, 0.3) is 0 Å². The van der Waals surface area contributed by atoms with Gasteiger partial charge < -0.3 is 15.4 Å². The summed E-state index contributed by atoms with van der Waals surface area (Å²) >= 11 is 12.0. The van der Waals surface area contributed by atoms with Gasteiger partial charge >= 0.3 is 6.03 Å². The van der Waals surface area contributed by atoms with Crippen LogP contribution in [0.1, 0.15) is 11.1 Å². The second-order valence-corrected chi connectivity index (χ2v) is 5.68. The number of hydrogen-bond acceptors (Lipinski definition) is 2. The first-order valence-corrected chi connectivity index (χ1v) is 7.34. The number of halogens is 2. The maximum absolute atomic E-state index is 12.2. The topological polar surface area (TPSA) is 50.4 Å². The molecule has 0 atom stereocenters. The average Bonchev–Trinajstić information content (AvgIpc) is 2.46. The molecule has 2 amide bonds. The summed E-state index contributed by atoms with van der Waals surface area (Å²) in [5.41, 5.74) is 2.95. The third kappa shape index (κ3) is 3.84. The Labute approximate surface area is 139 Å². The van der Waals surface area contributed by atoms with Gasteiger partial charge in [-0.05, 0) is 43.2 Å². The highest BCUT2D eigenvalue weighted by Gasteiger charge is 2.11. The number of methoxy groups -OCH3 is 1. The lowest BCUT2D eigenvalue weighted by Gasteiger charge is -2.14. The van der Waals surface area contributed by atoms with Crippen LogP contribution in [-0.4, -0.2) is 13.1 Å². The number of carbonyl (C=O) groups excluding carboxylic acids is 1. The van der Waals surface area contributed by atoms with E-state index in [1.807, 2.05) is 19.9 Å². The number of carbonyl (C=O) groups is 1. The molecule has 0 aromatic heterocycles. The Morgan fingerprint density at radius 1 is 1.00 bits per heavy atom. The van der Waals surface area contributed by atoms with Crippen molar-refractivity contribution in [2.24, 2.45) is 0 Å². The average molecular weight is 339 g/mol. The van der Waals surface area contributed by atoms with Gasteiger partial charge in [-0.1, -0.05) is 29.3 Å². The van der Waals surface area contributed by atoms with Crippen molar-refractivity contribution >= 4 is 40.6 Å². The Morgan fingerprint density at radius 3 is 2.36 bits per heavy atom. The molecule has 0 spiro atoms. The van der Waals surface area contributed by atoms with Gasteiger partial charge in [-0.15, -0.1) is 0 Å². The molecule has 2 rings (SSSR count). The molecule has 116 valence electrons. The number of amides is 2. The quantitative estimate of drug-likeness (QED) is 0.801. The molecule has 0 unspecified atom stereocenters. The van der Waals surface area contributed by atoms with Crippen molar-refractivity contribution in [1.29, 1.82) is 0 Å². The van der Waals surface area contributed by atoms with Crippen molar-refractivity contribution in [3.05, 3.63) is 51.5 Å². The van der Waals surface area contributed by atoms with Crippen molar-refractivity contribution in [2.45, 2.75) is 13.8 Å². The van der Waals surface area contributed by atoms with E-state index in [4.69, 9.17) is 27.9 Å². The van der Waals surface area contributed by atoms with E-state index in [2.05, 4.69) is 10.6 Å². The van der Waals surface area contributed by atoms with E-state index in [-0.39, 0.29) is 6.03 Å². The number of anilines is 2. The summed E-state index contributed by atoms with van der Waals surface area (Å²) in [5, 5.41) is 6.64. The van der Waals surface area contributed by atoms with Crippen molar-refractivity contribution < 1.29 is 9.53 Å². The maximum Gasteiger partial charge on any atom is 0.323 e. The first-order valence-electron chi connectivity index (χ1n) is 6.59. The van der Waals surface area contributed by atoms with E-state index in [9.17, 15) is 4.79 Å². The molecule has 2 aromatic rings. The highest BCUT2D eigenvalue weighted by molar-refractivity contribution is 6.31. The summed E-state index contributed by atoms with van der Waals surface area (Å²) in [6.45, 7) is 3.74. The van der Waals surface area contributed by atoms with Gasteiger partial charge in [0.1, 0.15) is 5.75 Å². The molecule has 0 saturated carbocycles. The van der Waals surface area contributed by atoms with Crippen LogP contribution >= 0.6 is 23.2 Å². The van der Waals surface area contributed by atoms with E-state index in [1.54, 1.807) is 24.3 Å². The number of ether oxygens (including phenoxy) is 1. The second-order valence-electron chi connectivity index (χ2n) is 4.84. The monoisotopic (exact) mass is 338 g/mol. The Morgan fingerprint density at radius 2 is 1.68 bits per heavy atom. The molecule has 4 nitrogen and oxygen atoms in total. The van der Waals surface area contributed by atoms with Gasteiger partial charge in [0.15, 0.2) is 0 Å². The summed E-state index contributed by atoms with van der Waals surface area (Å²) in [4.78, 5) is 12.2. The van der Waals surface area contributed by atoms with Gasteiger partial charge in [-0.2, -0.15) is 0 Å². The number of rotatable bonds is 3. The maximum atomic E-state index is 12.2. The fraction of sp³-hybridized carbons (Fsp3) is 0.188. The molecule has 2 aromatic carbocycles. The van der Waals surface area contributed by atoms with E-state index in [0.717, 1.165) is 11.1 Å². The van der Waals surface area contributed by atoms with Crippen molar-refractivity contribution in [1.82, 2.24) is 0 Å². The Balaban J connectivity index is 2.19. The molecule has 0 bridgehead atoms. The van der Waals surface area contributed by atoms with Gasteiger partial charge in [-0.3, -0.25) is 0 Å². The van der Waals surface area contributed by atoms with Crippen LogP contribution in [0.5, 0.6) is 5.75 Å². The highest BCUT2D eigenvalue weighted by atomic mass is 35.5. The van der Waals surface area contributed by atoms with Crippen LogP contribution in [0.15, 0.2) is 30.3 Å². The van der Waals surface area contributed by atoms with Gasteiger partial charge in [0.05, 0.1) is 12.8 Å². The van der Waals surface area contributed by atoms with Crippen LogP contribution < -0.4 is 15.4 Å². The molecule has 0 fully saturated rings. The molecular formula is C16H16Cl2N2O2. The molecule has 22 heavy (non-hydrogen) atoms. The number of urea groups is 1. The van der Waals surface area contributed by atoms with Crippen molar-refractivity contribution in [3.8, 4) is 5.75 Å². The zero-order valence-electron chi connectivity index (χ0n) is 12.5. The zero-order valence-corrected chi connectivity index (χ0v) is 14.0. The third-order valence-electron chi connectivity index (χ3n) is 3.18. The van der Waals surface area contributed by atoms with E-state index in [1.165, 1.54) is 7.11 Å². The Bertz CT molecular complexity index is 718. The zero-order chi connectivity index (χ0) is 16.3. The number of benzene rings is 2. The van der Waals surface area contributed by atoms with Crippen LogP contribution in [0.4, 0.5) is 16.2 Å². The van der Waals surface area contributed by atoms with E-state index >= 15 is 0 Å². The molecule has 0 aliphatic rings. The fourth-order valence-corrected chi connectivity index (χ4v) is 2.26. The molecule has 0 aliphatic carbocycles. The third-order valence-corrected chi connectivity index (χ3v) is 3.82. The lowest BCUT2D eigenvalue weighted by molar-refractivity contribution is 0.262. The summed E-state index contributed by atoms with van der Waals surface area (Å²) in [6.07, 6.45) is 0. The van der Waals surface area contributed by atoms with Gasteiger partial charge in [-0.25, -0.2) is 4.79 Å². The Hall–Kier alpha value is -1.91.